The van der Waals surface area contributed by atoms with E-state index in [-0.39, 0.29) is 0 Å². The van der Waals surface area contributed by atoms with Crippen molar-refractivity contribution >= 4 is 11.6 Å². The summed E-state index contributed by atoms with van der Waals surface area (Å²) in [5.41, 5.74) is 6.43. The normalized spacial score (nSPS) is 20.6. The minimum Gasteiger partial charge on any atom is -0.382 e. The van der Waals surface area contributed by atoms with Crippen LogP contribution in [0.4, 0.5) is 5.69 Å². The van der Waals surface area contributed by atoms with Gasteiger partial charge in [0.1, 0.15) is 5.69 Å². The molecule has 92 valence electrons. The third-order valence-electron chi connectivity index (χ3n) is 2.96. The quantitative estimate of drug-likeness (QED) is 0.720. The molecule has 2 rings (SSSR count). The van der Waals surface area contributed by atoms with Crippen LogP contribution in [0, 0.1) is 0 Å². The molecular weight excluding hydrogens is 216 g/mol. The number of primary amides is 1. The number of nitrogens with two attached hydrogens (primary N) is 1. The van der Waals surface area contributed by atoms with E-state index in [1.165, 1.54) is 6.42 Å². The van der Waals surface area contributed by atoms with Gasteiger partial charge in [-0.05, 0) is 44.5 Å². The van der Waals surface area contributed by atoms with E-state index in [4.69, 9.17) is 5.73 Å². The van der Waals surface area contributed by atoms with Gasteiger partial charge in [0.05, 0.1) is 0 Å². The highest BCUT2D eigenvalue weighted by Crippen LogP contribution is 2.14. The minimum atomic E-state index is -0.490. The van der Waals surface area contributed by atoms with Gasteiger partial charge in [0.25, 0.3) is 5.91 Å². The lowest BCUT2D eigenvalue weighted by Gasteiger charge is -2.17. The Kier molecular flexibility index (Phi) is 3.93. The van der Waals surface area contributed by atoms with Gasteiger partial charge in [-0.1, -0.05) is 0 Å². The van der Waals surface area contributed by atoms with Gasteiger partial charge in [0.2, 0.25) is 0 Å². The van der Waals surface area contributed by atoms with Crippen LogP contribution in [0.15, 0.2) is 18.3 Å². The average Bonchev–Trinajstić information content (AvgIpc) is 2.58. The third kappa shape index (κ3) is 3.42. The molecule has 0 saturated carbocycles. The Morgan fingerprint density at radius 1 is 1.47 bits per heavy atom. The molecular formula is C12H18N4O. The second kappa shape index (κ2) is 5.63. The molecule has 1 aliphatic heterocycles. The van der Waals surface area contributed by atoms with Crippen LogP contribution in [0.25, 0.3) is 0 Å². The van der Waals surface area contributed by atoms with Crippen LogP contribution in [-0.4, -0.2) is 30.0 Å². The third-order valence-corrected chi connectivity index (χ3v) is 2.96. The van der Waals surface area contributed by atoms with Crippen molar-refractivity contribution in [3.05, 3.63) is 24.0 Å². The molecule has 1 aliphatic rings. The van der Waals surface area contributed by atoms with Gasteiger partial charge in [0, 0.05) is 17.9 Å². The summed E-state index contributed by atoms with van der Waals surface area (Å²) in [5, 5.41) is 6.79. The summed E-state index contributed by atoms with van der Waals surface area (Å²) in [6, 6.07) is 4.03. The van der Waals surface area contributed by atoms with Gasteiger partial charge in [-0.25, -0.2) is 0 Å². The summed E-state index contributed by atoms with van der Waals surface area (Å²) in [4.78, 5) is 14.9. The number of carbonyl (C=O) groups is 1. The lowest BCUT2D eigenvalue weighted by Crippen LogP contribution is -2.22. The van der Waals surface area contributed by atoms with Crippen molar-refractivity contribution in [1.82, 2.24) is 10.3 Å². The molecule has 2 heterocycles. The molecule has 0 aromatic carbocycles. The number of nitrogens with zero attached hydrogens (tertiary/aromatic N) is 1. The van der Waals surface area contributed by atoms with Crippen molar-refractivity contribution in [3.63, 3.8) is 0 Å². The monoisotopic (exact) mass is 234 g/mol. The van der Waals surface area contributed by atoms with Crippen molar-refractivity contribution in [2.24, 2.45) is 5.73 Å². The van der Waals surface area contributed by atoms with Gasteiger partial charge >= 0.3 is 0 Å². The van der Waals surface area contributed by atoms with E-state index in [0.29, 0.717) is 11.7 Å². The topological polar surface area (TPSA) is 80.0 Å². The Hall–Kier alpha value is -1.62. The first-order valence-electron chi connectivity index (χ1n) is 5.99. The molecule has 1 unspecified atom stereocenters. The van der Waals surface area contributed by atoms with E-state index < -0.39 is 5.91 Å². The summed E-state index contributed by atoms with van der Waals surface area (Å²) in [6.45, 7) is 2.12. The minimum absolute atomic E-state index is 0.307. The number of nitrogens with one attached hydrogen (secondary N) is 2. The van der Waals surface area contributed by atoms with Gasteiger partial charge in [-0.15, -0.1) is 0 Å². The smallest absolute Gasteiger partial charge is 0.267 e. The number of rotatable bonds is 3. The number of hydrogen-bond acceptors (Lipinski definition) is 4. The van der Waals surface area contributed by atoms with Crippen molar-refractivity contribution in [2.45, 2.75) is 25.3 Å². The van der Waals surface area contributed by atoms with Crippen LogP contribution < -0.4 is 16.4 Å². The van der Waals surface area contributed by atoms with Crippen LogP contribution >= 0.6 is 0 Å². The second-order valence-electron chi connectivity index (χ2n) is 4.32. The summed E-state index contributed by atoms with van der Waals surface area (Å²) < 4.78 is 0. The molecule has 0 aliphatic carbocycles. The Labute approximate surface area is 101 Å². The second-order valence-corrected chi connectivity index (χ2v) is 4.32. The van der Waals surface area contributed by atoms with E-state index in [1.807, 2.05) is 6.07 Å². The van der Waals surface area contributed by atoms with E-state index >= 15 is 0 Å². The zero-order valence-electron chi connectivity index (χ0n) is 9.78. The number of anilines is 1. The Morgan fingerprint density at radius 2 is 2.35 bits per heavy atom. The Morgan fingerprint density at radius 3 is 3.18 bits per heavy atom. The SMILES string of the molecule is NC(=O)c1cc(NC2CCCNCC2)ccn1. The van der Waals surface area contributed by atoms with Crippen molar-refractivity contribution in [2.75, 3.05) is 18.4 Å². The largest absolute Gasteiger partial charge is 0.382 e. The van der Waals surface area contributed by atoms with E-state index in [1.54, 1.807) is 12.3 Å². The van der Waals surface area contributed by atoms with Crippen molar-refractivity contribution < 1.29 is 4.79 Å². The fourth-order valence-electron chi connectivity index (χ4n) is 2.05. The molecule has 1 aromatic heterocycles. The van der Waals surface area contributed by atoms with E-state index in [9.17, 15) is 4.79 Å². The van der Waals surface area contributed by atoms with Crippen LogP contribution in [0.5, 0.6) is 0 Å². The highest BCUT2D eigenvalue weighted by atomic mass is 16.1. The first kappa shape index (κ1) is 11.9. The maximum Gasteiger partial charge on any atom is 0.267 e. The van der Waals surface area contributed by atoms with Gasteiger partial charge in [-0.3, -0.25) is 9.78 Å². The fraction of sp³-hybridized carbons (Fsp3) is 0.500. The van der Waals surface area contributed by atoms with Gasteiger partial charge < -0.3 is 16.4 Å². The molecule has 4 N–H and O–H groups in total. The standard InChI is InChI=1S/C12H18N4O/c13-12(17)11-8-10(4-7-15-11)16-9-2-1-5-14-6-3-9/h4,7-9,14H,1-3,5-6H2,(H2,13,17)(H,15,16). The molecule has 0 bridgehead atoms. The highest BCUT2D eigenvalue weighted by molar-refractivity contribution is 5.91. The summed E-state index contributed by atoms with van der Waals surface area (Å²) in [6.07, 6.45) is 5.01. The predicted octanol–water partition coefficient (Wildman–Crippen LogP) is 0.734. The molecule has 0 radical (unpaired) electrons. The van der Waals surface area contributed by atoms with Crippen LogP contribution in [0.2, 0.25) is 0 Å². The van der Waals surface area contributed by atoms with Gasteiger partial charge in [-0.2, -0.15) is 0 Å². The average molecular weight is 234 g/mol. The molecule has 0 spiro atoms. The number of aromatic nitrogens is 1. The number of pyridine rings is 1. The summed E-state index contributed by atoms with van der Waals surface area (Å²) >= 11 is 0. The molecule has 5 nitrogen and oxygen atoms in total. The molecule has 1 saturated heterocycles. The number of carbonyl (C=O) groups excluding carboxylic acids is 1. The lowest BCUT2D eigenvalue weighted by atomic mass is 10.1. The zero-order valence-corrected chi connectivity index (χ0v) is 9.78. The number of amides is 1. The predicted molar refractivity (Wildman–Crippen MR) is 66.9 cm³/mol. The Balaban J connectivity index is 2.01. The molecule has 17 heavy (non-hydrogen) atoms. The van der Waals surface area contributed by atoms with E-state index in [0.717, 1.165) is 31.6 Å². The Bertz CT molecular complexity index is 386. The molecule has 1 amide bonds. The zero-order chi connectivity index (χ0) is 12.1. The highest BCUT2D eigenvalue weighted by Gasteiger charge is 2.12. The van der Waals surface area contributed by atoms with Crippen molar-refractivity contribution in [3.8, 4) is 0 Å². The maximum atomic E-state index is 11.0. The summed E-state index contributed by atoms with van der Waals surface area (Å²) in [5.74, 6) is -0.490. The molecule has 1 atom stereocenters. The fourth-order valence-corrected chi connectivity index (χ4v) is 2.05. The number of hydrogen-bond donors (Lipinski definition) is 3. The molecule has 1 aromatic rings. The van der Waals surface area contributed by atoms with Crippen LogP contribution in [0.3, 0.4) is 0 Å². The first-order valence-corrected chi connectivity index (χ1v) is 5.99. The van der Waals surface area contributed by atoms with E-state index in [2.05, 4.69) is 15.6 Å². The first-order chi connectivity index (χ1) is 8.25. The summed E-state index contributed by atoms with van der Waals surface area (Å²) in [7, 11) is 0. The molecule has 1 fully saturated rings. The van der Waals surface area contributed by atoms with Gasteiger partial charge in [0.15, 0.2) is 0 Å². The van der Waals surface area contributed by atoms with Crippen LogP contribution in [-0.2, 0) is 0 Å². The lowest BCUT2D eigenvalue weighted by molar-refractivity contribution is 0.0995. The van der Waals surface area contributed by atoms with Crippen LogP contribution in [0.1, 0.15) is 29.8 Å². The molecule has 5 heteroatoms. The van der Waals surface area contributed by atoms with Crippen molar-refractivity contribution in [1.29, 1.82) is 0 Å². The maximum absolute atomic E-state index is 11.0.